The molecule has 0 aliphatic heterocycles. The molecule has 0 fully saturated rings. The van der Waals surface area contributed by atoms with Crippen molar-refractivity contribution in [1.29, 1.82) is 0 Å². The number of benzene rings is 2. The summed E-state index contributed by atoms with van der Waals surface area (Å²) in [5.41, 5.74) is 3.47. The molecule has 0 saturated heterocycles. The van der Waals surface area contributed by atoms with Crippen molar-refractivity contribution in [3.8, 4) is 17.0 Å². The molecule has 1 aromatic heterocycles. The lowest BCUT2D eigenvalue weighted by atomic mass is 10.0. The lowest BCUT2D eigenvalue weighted by Crippen LogP contribution is -2.30. The van der Waals surface area contributed by atoms with Crippen molar-refractivity contribution in [1.82, 2.24) is 10.3 Å². The van der Waals surface area contributed by atoms with E-state index >= 15 is 0 Å². The van der Waals surface area contributed by atoms with Crippen LogP contribution in [0, 0.1) is 19.7 Å². The van der Waals surface area contributed by atoms with Crippen LogP contribution in [0.4, 0.5) is 10.2 Å². The largest absolute Gasteiger partial charge is 0.481 e. The molecule has 3 aromatic rings. The maximum atomic E-state index is 12.9. The van der Waals surface area contributed by atoms with Gasteiger partial charge < -0.3 is 10.1 Å². The van der Waals surface area contributed by atoms with E-state index in [0.29, 0.717) is 11.4 Å². The van der Waals surface area contributed by atoms with Crippen molar-refractivity contribution in [3.63, 3.8) is 0 Å². The molecule has 1 amide bonds. The Bertz CT molecular complexity index is 922. The number of ether oxygens (including phenoxy) is 1. The van der Waals surface area contributed by atoms with Crippen molar-refractivity contribution in [2.75, 3.05) is 5.32 Å². The van der Waals surface area contributed by atoms with E-state index < -0.39 is 12.0 Å². The number of aromatic nitrogens is 2. The van der Waals surface area contributed by atoms with Crippen molar-refractivity contribution < 1.29 is 18.6 Å². The maximum absolute atomic E-state index is 12.9. The van der Waals surface area contributed by atoms with E-state index in [4.69, 9.17) is 9.37 Å². The van der Waals surface area contributed by atoms with E-state index in [9.17, 15) is 9.18 Å². The van der Waals surface area contributed by atoms with Gasteiger partial charge in [-0.2, -0.15) is 0 Å². The summed E-state index contributed by atoms with van der Waals surface area (Å²) in [4.78, 5) is 12.4. The Kier molecular flexibility index (Phi) is 4.97. The fraction of sp³-hybridized carbons (Fsp3) is 0.211. The highest BCUT2D eigenvalue weighted by molar-refractivity contribution is 5.96. The van der Waals surface area contributed by atoms with Gasteiger partial charge in [-0.3, -0.25) is 4.79 Å². The molecule has 1 heterocycles. The Morgan fingerprint density at radius 1 is 1.12 bits per heavy atom. The van der Waals surface area contributed by atoms with Crippen LogP contribution in [0.5, 0.6) is 5.75 Å². The zero-order valence-electron chi connectivity index (χ0n) is 14.6. The first-order valence-electron chi connectivity index (χ1n) is 8.07. The van der Waals surface area contributed by atoms with Crippen molar-refractivity contribution >= 4 is 11.7 Å². The number of hydrogen-bond acceptors (Lipinski definition) is 5. The van der Waals surface area contributed by atoms with Gasteiger partial charge in [-0.25, -0.2) is 9.02 Å². The predicted molar refractivity (Wildman–Crippen MR) is 94.3 cm³/mol. The standard InChI is InChI=1S/C19H18FN3O3/c1-11-4-5-14(10-12(11)2)17-18(23-26-22-17)21-19(24)13(3)25-16-8-6-15(20)7-9-16/h4-10,13H,1-3H3,(H,21,23,24)/t13-/m0/s1. The number of rotatable bonds is 5. The summed E-state index contributed by atoms with van der Waals surface area (Å²) in [6.45, 7) is 5.59. The molecule has 0 spiro atoms. The normalized spacial score (nSPS) is 11.8. The van der Waals surface area contributed by atoms with Crippen molar-refractivity contribution in [2.24, 2.45) is 0 Å². The molecule has 6 nitrogen and oxygen atoms in total. The van der Waals surface area contributed by atoms with E-state index in [0.717, 1.165) is 16.7 Å². The minimum absolute atomic E-state index is 0.216. The molecule has 0 unspecified atom stereocenters. The van der Waals surface area contributed by atoms with Gasteiger partial charge in [0.1, 0.15) is 11.6 Å². The highest BCUT2D eigenvalue weighted by Crippen LogP contribution is 2.26. The molecule has 0 saturated carbocycles. The third-order valence-electron chi connectivity index (χ3n) is 4.01. The number of anilines is 1. The average molecular weight is 355 g/mol. The monoisotopic (exact) mass is 355 g/mol. The fourth-order valence-electron chi connectivity index (χ4n) is 2.34. The van der Waals surface area contributed by atoms with Crippen LogP contribution >= 0.6 is 0 Å². The lowest BCUT2D eigenvalue weighted by molar-refractivity contribution is -0.122. The van der Waals surface area contributed by atoms with E-state index in [-0.39, 0.29) is 11.6 Å². The van der Waals surface area contributed by atoms with Crippen molar-refractivity contribution in [2.45, 2.75) is 26.9 Å². The summed E-state index contributed by atoms with van der Waals surface area (Å²) in [6, 6.07) is 11.2. The third-order valence-corrected chi connectivity index (χ3v) is 4.01. The van der Waals surface area contributed by atoms with Crippen molar-refractivity contribution in [3.05, 3.63) is 59.4 Å². The van der Waals surface area contributed by atoms with Crippen LogP contribution in [0.15, 0.2) is 47.1 Å². The molecule has 3 rings (SSSR count). The topological polar surface area (TPSA) is 77.3 Å². The number of carbonyl (C=O) groups excluding carboxylic acids is 1. The van der Waals surface area contributed by atoms with Gasteiger partial charge in [-0.15, -0.1) is 0 Å². The van der Waals surface area contributed by atoms with E-state index in [1.54, 1.807) is 6.92 Å². The minimum Gasteiger partial charge on any atom is -0.481 e. The Morgan fingerprint density at radius 2 is 1.85 bits per heavy atom. The van der Waals surface area contributed by atoms with Gasteiger partial charge in [0.05, 0.1) is 0 Å². The smallest absolute Gasteiger partial charge is 0.266 e. The Hall–Kier alpha value is -3.22. The highest BCUT2D eigenvalue weighted by Gasteiger charge is 2.20. The zero-order chi connectivity index (χ0) is 18.7. The number of nitrogens with zero attached hydrogens (tertiary/aromatic N) is 2. The molecule has 1 atom stereocenters. The van der Waals surface area contributed by atoms with E-state index in [1.165, 1.54) is 24.3 Å². The predicted octanol–water partition coefficient (Wildman–Crippen LogP) is 3.90. The average Bonchev–Trinajstić information content (AvgIpc) is 3.07. The molecule has 0 radical (unpaired) electrons. The Labute approximate surface area is 149 Å². The highest BCUT2D eigenvalue weighted by atomic mass is 19.1. The molecule has 0 bridgehead atoms. The summed E-state index contributed by atoms with van der Waals surface area (Å²) in [7, 11) is 0. The molecular weight excluding hydrogens is 337 g/mol. The van der Waals surface area contributed by atoms with Gasteiger partial charge >= 0.3 is 0 Å². The number of halogens is 1. The number of aryl methyl sites for hydroxylation is 2. The van der Waals surface area contributed by atoms with Crippen LogP contribution in [0.3, 0.4) is 0 Å². The number of nitrogens with one attached hydrogen (secondary N) is 1. The SMILES string of the molecule is Cc1ccc(-c2nonc2NC(=O)[C@H](C)Oc2ccc(F)cc2)cc1C. The molecule has 1 N–H and O–H groups in total. The molecule has 0 aliphatic carbocycles. The van der Waals surface area contributed by atoms with Crippen LogP contribution in [-0.4, -0.2) is 22.3 Å². The maximum Gasteiger partial charge on any atom is 0.266 e. The molecule has 0 aliphatic rings. The fourth-order valence-corrected chi connectivity index (χ4v) is 2.34. The number of carbonyl (C=O) groups is 1. The van der Waals surface area contributed by atoms with Crippen LogP contribution in [-0.2, 0) is 4.79 Å². The number of amides is 1. The van der Waals surface area contributed by atoms with Gasteiger partial charge in [0.15, 0.2) is 11.8 Å². The summed E-state index contributed by atoms with van der Waals surface area (Å²) in [5.74, 6) is -0.189. The third kappa shape index (κ3) is 3.88. The van der Waals surface area contributed by atoms with Crippen LogP contribution in [0.2, 0.25) is 0 Å². The van der Waals surface area contributed by atoms with Gasteiger partial charge in [-0.05, 0) is 72.5 Å². The summed E-state index contributed by atoms with van der Waals surface area (Å²) < 4.78 is 23.2. The van der Waals surface area contributed by atoms with Gasteiger partial charge in [0.25, 0.3) is 5.91 Å². The molecule has 26 heavy (non-hydrogen) atoms. The first kappa shape index (κ1) is 17.6. The quantitative estimate of drug-likeness (QED) is 0.751. The molecule has 7 heteroatoms. The Balaban J connectivity index is 1.72. The Morgan fingerprint density at radius 3 is 2.54 bits per heavy atom. The second-order valence-electron chi connectivity index (χ2n) is 5.96. The van der Waals surface area contributed by atoms with Gasteiger partial charge in [0, 0.05) is 5.56 Å². The van der Waals surface area contributed by atoms with Crippen LogP contribution < -0.4 is 10.1 Å². The van der Waals surface area contributed by atoms with Crippen LogP contribution in [0.25, 0.3) is 11.3 Å². The second kappa shape index (κ2) is 7.35. The number of hydrogen-bond donors (Lipinski definition) is 1. The van der Waals surface area contributed by atoms with Gasteiger partial charge in [-0.1, -0.05) is 12.1 Å². The first-order valence-corrected chi connectivity index (χ1v) is 8.07. The van der Waals surface area contributed by atoms with E-state index in [1.807, 2.05) is 32.0 Å². The minimum atomic E-state index is -0.815. The zero-order valence-corrected chi connectivity index (χ0v) is 14.6. The van der Waals surface area contributed by atoms with E-state index in [2.05, 4.69) is 15.6 Å². The molecule has 134 valence electrons. The lowest BCUT2D eigenvalue weighted by Gasteiger charge is -2.14. The van der Waals surface area contributed by atoms with Gasteiger partial charge in [0.2, 0.25) is 5.82 Å². The molecular formula is C19H18FN3O3. The summed E-state index contributed by atoms with van der Waals surface area (Å²) in [5, 5.41) is 10.3. The second-order valence-corrected chi connectivity index (χ2v) is 5.96. The van der Waals surface area contributed by atoms with Crippen LogP contribution in [0.1, 0.15) is 18.1 Å². The molecule has 2 aromatic carbocycles. The summed E-state index contributed by atoms with van der Waals surface area (Å²) >= 11 is 0. The summed E-state index contributed by atoms with van der Waals surface area (Å²) in [6.07, 6.45) is -0.815. The first-order chi connectivity index (χ1) is 12.4.